The summed E-state index contributed by atoms with van der Waals surface area (Å²) in [4.78, 5) is 11.7. The molecule has 7 heteroatoms. The van der Waals surface area contributed by atoms with Crippen LogP contribution in [0.5, 0.6) is 11.6 Å². The highest BCUT2D eigenvalue weighted by Gasteiger charge is 2.33. The lowest BCUT2D eigenvalue weighted by molar-refractivity contribution is 0.0813. The number of benzene rings is 1. The fourth-order valence-electron chi connectivity index (χ4n) is 4.56. The Bertz CT molecular complexity index is 1180. The first-order chi connectivity index (χ1) is 15.3. The highest BCUT2D eigenvalue weighted by Crippen LogP contribution is 2.29. The lowest BCUT2D eigenvalue weighted by Crippen LogP contribution is -2.38. The van der Waals surface area contributed by atoms with Gasteiger partial charge < -0.3 is 9.47 Å². The van der Waals surface area contributed by atoms with Crippen molar-refractivity contribution in [1.82, 2.24) is 25.1 Å². The summed E-state index contributed by atoms with van der Waals surface area (Å²) in [5.74, 6) is 1.98. The predicted molar refractivity (Wildman–Crippen MR) is 117 cm³/mol. The summed E-state index contributed by atoms with van der Waals surface area (Å²) in [5, 5.41) is 7.95. The van der Waals surface area contributed by atoms with Gasteiger partial charge in [0.25, 0.3) is 0 Å². The molecule has 0 amide bonds. The van der Waals surface area contributed by atoms with Gasteiger partial charge in [0, 0.05) is 49.0 Å². The minimum Gasteiger partial charge on any atom is -0.439 e. The topological polar surface area (TPSA) is 76.2 Å². The second-order valence-corrected chi connectivity index (χ2v) is 8.37. The molecule has 2 aliphatic heterocycles. The number of hydrogen-bond donors (Lipinski definition) is 1. The maximum absolute atomic E-state index is 5.95. The van der Waals surface area contributed by atoms with E-state index in [1.54, 1.807) is 12.4 Å². The Morgan fingerprint density at radius 1 is 1.10 bits per heavy atom. The largest absolute Gasteiger partial charge is 0.439 e. The molecule has 2 fully saturated rings. The third-order valence-corrected chi connectivity index (χ3v) is 6.02. The first-order valence-corrected chi connectivity index (χ1v) is 10.7. The van der Waals surface area contributed by atoms with Crippen molar-refractivity contribution in [3.63, 3.8) is 0 Å². The van der Waals surface area contributed by atoms with E-state index in [4.69, 9.17) is 14.5 Å². The van der Waals surface area contributed by atoms with E-state index in [0.717, 1.165) is 59.8 Å². The van der Waals surface area contributed by atoms with Crippen LogP contribution in [0.3, 0.4) is 0 Å². The first-order valence-electron chi connectivity index (χ1n) is 10.7. The van der Waals surface area contributed by atoms with E-state index in [1.807, 2.05) is 36.4 Å². The number of likely N-dealkylation sites (tertiary alicyclic amines) is 1. The van der Waals surface area contributed by atoms with Gasteiger partial charge in [0.15, 0.2) is 0 Å². The summed E-state index contributed by atoms with van der Waals surface area (Å²) in [6, 6.07) is 15.9. The van der Waals surface area contributed by atoms with Crippen LogP contribution in [0.2, 0.25) is 0 Å². The number of H-pyrrole nitrogens is 1. The third kappa shape index (κ3) is 3.89. The highest BCUT2D eigenvalue weighted by molar-refractivity contribution is 5.80. The molecule has 5 heterocycles. The number of ether oxygens (including phenoxy) is 2. The van der Waals surface area contributed by atoms with Crippen LogP contribution in [0, 0.1) is 5.92 Å². The molecule has 0 spiro atoms. The van der Waals surface area contributed by atoms with Crippen LogP contribution >= 0.6 is 0 Å². The zero-order valence-corrected chi connectivity index (χ0v) is 17.1. The molecule has 31 heavy (non-hydrogen) atoms. The summed E-state index contributed by atoms with van der Waals surface area (Å²) >= 11 is 0. The molecule has 2 bridgehead atoms. The van der Waals surface area contributed by atoms with Crippen LogP contribution in [0.25, 0.3) is 22.2 Å². The zero-order chi connectivity index (χ0) is 20.6. The number of fused-ring (bicyclic) bond motifs is 3. The molecule has 0 aliphatic carbocycles. The van der Waals surface area contributed by atoms with E-state index in [9.17, 15) is 0 Å². The second-order valence-electron chi connectivity index (χ2n) is 8.37. The quantitative estimate of drug-likeness (QED) is 0.532. The summed E-state index contributed by atoms with van der Waals surface area (Å²) in [6.07, 6.45) is 5.11. The molecule has 1 aromatic carbocycles. The molecule has 3 aromatic heterocycles. The summed E-state index contributed by atoms with van der Waals surface area (Å²) in [7, 11) is 0. The second kappa shape index (κ2) is 7.76. The van der Waals surface area contributed by atoms with Gasteiger partial charge in [-0.05, 0) is 48.7 Å². The van der Waals surface area contributed by atoms with E-state index in [-0.39, 0.29) is 0 Å². The van der Waals surface area contributed by atoms with E-state index in [0.29, 0.717) is 17.9 Å². The normalized spacial score (nSPS) is 20.9. The molecule has 0 saturated carbocycles. The van der Waals surface area contributed by atoms with Crippen molar-refractivity contribution in [2.45, 2.75) is 19.1 Å². The fourth-order valence-corrected chi connectivity index (χ4v) is 4.56. The maximum atomic E-state index is 5.95. The molecule has 6 rings (SSSR count). The Morgan fingerprint density at radius 2 is 2.10 bits per heavy atom. The van der Waals surface area contributed by atoms with Crippen LogP contribution in [-0.2, 0) is 11.3 Å². The molecule has 4 aromatic rings. The van der Waals surface area contributed by atoms with E-state index in [1.165, 1.54) is 6.42 Å². The van der Waals surface area contributed by atoms with Gasteiger partial charge >= 0.3 is 0 Å². The van der Waals surface area contributed by atoms with Gasteiger partial charge in [-0.3, -0.25) is 15.0 Å². The first kappa shape index (κ1) is 18.5. The molecule has 2 aliphatic rings. The van der Waals surface area contributed by atoms with Crippen LogP contribution < -0.4 is 4.74 Å². The van der Waals surface area contributed by atoms with Crippen molar-refractivity contribution in [1.29, 1.82) is 0 Å². The molecule has 156 valence electrons. The average molecular weight is 413 g/mol. The zero-order valence-electron chi connectivity index (χ0n) is 17.1. The molecule has 2 atom stereocenters. The maximum Gasteiger partial charge on any atom is 0.219 e. The van der Waals surface area contributed by atoms with Gasteiger partial charge in [0.2, 0.25) is 5.88 Å². The average Bonchev–Trinajstić information content (AvgIpc) is 3.44. The standard InChI is InChI=1S/C24H23N5O2/c1-3-19(13-29-12-16-9-21(14-29)30-15-16)27-22-5-4-20(10-17(1)22)31-24-6-2-18(11-25-24)23-7-8-26-28-23/h1-8,10-11,16,21H,9,12-15H2,(H,26,28). The fraction of sp³-hybridized carbons (Fsp3) is 0.292. The van der Waals surface area contributed by atoms with Crippen molar-refractivity contribution < 1.29 is 9.47 Å². The van der Waals surface area contributed by atoms with Gasteiger partial charge in [-0.15, -0.1) is 0 Å². The SMILES string of the molecule is c1cc(-c2ccc(Oc3ccc4nc(CN5CC6COC(C6)C5)ccc4c3)nc2)[nH]n1. The number of aromatic nitrogens is 4. The van der Waals surface area contributed by atoms with Gasteiger partial charge in [-0.2, -0.15) is 5.10 Å². The Balaban J connectivity index is 1.15. The monoisotopic (exact) mass is 413 g/mol. The number of pyridine rings is 2. The van der Waals surface area contributed by atoms with Crippen LogP contribution in [0.1, 0.15) is 12.1 Å². The third-order valence-electron chi connectivity index (χ3n) is 6.02. The van der Waals surface area contributed by atoms with Crippen molar-refractivity contribution in [2.75, 3.05) is 19.7 Å². The number of hydrogen-bond acceptors (Lipinski definition) is 6. The lowest BCUT2D eigenvalue weighted by atomic mass is 10.00. The van der Waals surface area contributed by atoms with Crippen LogP contribution in [-0.4, -0.2) is 50.9 Å². The van der Waals surface area contributed by atoms with E-state index >= 15 is 0 Å². The van der Waals surface area contributed by atoms with Crippen molar-refractivity contribution in [3.05, 3.63) is 66.6 Å². The smallest absolute Gasteiger partial charge is 0.219 e. The minimum atomic E-state index is 0.404. The molecule has 7 nitrogen and oxygen atoms in total. The predicted octanol–water partition coefficient (Wildman–Crippen LogP) is 4.03. The van der Waals surface area contributed by atoms with Gasteiger partial charge in [0.05, 0.1) is 29.6 Å². The van der Waals surface area contributed by atoms with Crippen LogP contribution in [0.15, 0.2) is 60.9 Å². The number of nitrogens with one attached hydrogen (secondary N) is 1. The van der Waals surface area contributed by atoms with Crippen molar-refractivity contribution >= 4 is 10.9 Å². The minimum absolute atomic E-state index is 0.404. The molecule has 1 N–H and O–H groups in total. The molecule has 2 unspecified atom stereocenters. The Kier molecular flexibility index (Phi) is 4.62. The molecule has 2 saturated heterocycles. The van der Waals surface area contributed by atoms with Crippen molar-refractivity contribution in [2.24, 2.45) is 5.92 Å². The van der Waals surface area contributed by atoms with Crippen LogP contribution in [0.4, 0.5) is 0 Å². The molecular formula is C24H23N5O2. The lowest BCUT2D eigenvalue weighted by Gasteiger charge is -2.29. The highest BCUT2D eigenvalue weighted by atomic mass is 16.5. The Hall–Kier alpha value is -3.29. The summed E-state index contributed by atoms with van der Waals surface area (Å²) in [5.41, 5.74) is 3.96. The molecule has 0 radical (unpaired) electrons. The van der Waals surface area contributed by atoms with Gasteiger partial charge in [0.1, 0.15) is 5.75 Å². The Morgan fingerprint density at radius 3 is 2.94 bits per heavy atom. The number of rotatable bonds is 5. The molecular weight excluding hydrogens is 390 g/mol. The van der Waals surface area contributed by atoms with Gasteiger partial charge in [-0.25, -0.2) is 4.98 Å². The summed E-state index contributed by atoms with van der Waals surface area (Å²) in [6.45, 7) is 3.90. The number of piperidine rings is 1. The van der Waals surface area contributed by atoms with Gasteiger partial charge in [-0.1, -0.05) is 6.07 Å². The van der Waals surface area contributed by atoms with E-state index < -0.39 is 0 Å². The van der Waals surface area contributed by atoms with Crippen molar-refractivity contribution in [3.8, 4) is 22.9 Å². The summed E-state index contributed by atoms with van der Waals surface area (Å²) < 4.78 is 11.8. The Labute approximate surface area is 180 Å². The number of nitrogens with zero attached hydrogens (tertiary/aromatic N) is 4. The number of aromatic amines is 1. The van der Waals surface area contributed by atoms with E-state index in [2.05, 4.69) is 32.2 Å².